The van der Waals surface area contributed by atoms with E-state index in [2.05, 4.69) is 40.0 Å². The molecule has 0 radical (unpaired) electrons. The zero-order chi connectivity index (χ0) is 21.4. The summed E-state index contributed by atoms with van der Waals surface area (Å²) >= 11 is 0. The monoisotopic (exact) mass is 416 g/mol. The van der Waals surface area contributed by atoms with Gasteiger partial charge in [-0.1, -0.05) is 30.3 Å². The lowest BCUT2D eigenvalue weighted by molar-refractivity contribution is 0.0355. The van der Waals surface area contributed by atoms with Crippen molar-refractivity contribution in [1.29, 1.82) is 0 Å². The number of rotatable bonds is 7. The molecule has 0 saturated carbocycles. The fourth-order valence-electron chi connectivity index (χ4n) is 3.75. The minimum Gasteiger partial charge on any atom is -0.381 e. The summed E-state index contributed by atoms with van der Waals surface area (Å²) in [7, 11) is 1.66. The molecule has 30 heavy (non-hydrogen) atoms. The molecule has 0 aromatic heterocycles. The highest BCUT2D eigenvalue weighted by molar-refractivity contribution is 5.79. The van der Waals surface area contributed by atoms with Gasteiger partial charge in [-0.2, -0.15) is 0 Å². The lowest BCUT2D eigenvalue weighted by Crippen LogP contribution is -2.58. The van der Waals surface area contributed by atoms with Gasteiger partial charge in [0, 0.05) is 50.5 Å². The van der Waals surface area contributed by atoms with E-state index in [0.29, 0.717) is 25.7 Å². The van der Waals surface area contributed by atoms with Crippen LogP contribution in [0.4, 0.5) is 8.78 Å². The van der Waals surface area contributed by atoms with Crippen molar-refractivity contribution in [3.8, 4) is 0 Å². The zero-order valence-electron chi connectivity index (χ0n) is 17.6. The largest absolute Gasteiger partial charge is 0.381 e. The Labute approximate surface area is 176 Å². The maximum absolute atomic E-state index is 13.9. The molecule has 7 heteroatoms. The number of benzene rings is 2. The number of nitrogens with one attached hydrogen (secondary N) is 3. The highest BCUT2D eigenvalue weighted by atomic mass is 19.1. The number of hydrogen-bond donors (Lipinski definition) is 3. The predicted octanol–water partition coefficient (Wildman–Crippen LogP) is 3.53. The topological polar surface area (TPSA) is 57.7 Å². The molecule has 0 spiro atoms. The number of ether oxygens (including phenoxy) is 1. The third kappa shape index (κ3) is 6.00. The molecule has 1 unspecified atom stereocenters. The molecule has 1 heterocycles. The average Bonchev–Trinajstić information content (AvgIpc) is 2.77. The van der Waals surface area contributed by atoms with Crippen LogP contribution < -0.4 is 16.0 Å². The fourth-order valence-corrected chi connectivity index (χ4v) is 3.75. The maximum atomic E-state index is 13.9. The van der Waals surface area contributed by atoms with Crippen molar-refractivity contribution >= 4 is 5.96 Å². The summed E-state index contributed by atoms with van der Waals surface area (Å²) < 4.78 is 32.9. The fraction of sp³-hybridized carbons (Fsp3) is 0.435. The van der Waals surface area contributed by atoms with Gasteiger partial charge in [0.15, 0.2) is 5.96 Å². The molecule has 1 saturated heterocycles. The van der Waals surface area contributed by atoms with Gasteiger partial charge in [0.2, 0.25) is 0 Å². The molecule has 5 nitrogen and oxygen atoms in total. The molecular weight excluding hydrogens is 386 g/mol. The Balaban J connectivity index is 1.62. The van der Waals surface area contributed by atoms with E-state index in [1.165, 1.54) is 11.6 Å². The van der Waals surface area contributed by atoms with E-state index < -0.39 is 11.6 Å². The van der Waals surface area contributed by atoms with Crippen LogP contribution in [-0.2, 0) is 11.3 Å². The Kier molecular flexibility index (Phi) is 7.76. The number of aliphatic imine (C=N–C) groups is 1. The SMILES string of the molecule is CN=C(NCc1cc(F)ccc1F)NCC1(NC(C)c2ccccc2)CCOCC1. The second kappa shape index (κ2) is 10.5. The van der Waals surface area contributed by atoms with Gasteiger partial charge in [-0.25, -0.2) is 8.78 Å². The Bertz CT molecular complexity index is 838. The van der Waals surface area contributed by atoms with Gasteiger partial charge in [-0.15, -0.1) is 0 Å². The van der Waals surface area contributed by atoms with E-state index in [1.807, 2.05) is 18.2 Å². The molecule has 2 aromatic carbocycles. The summed E-state index contributed by atoms with van der Waals surface area (Å²) in [4.78, 5) is 4.23. The van der Waals surface area contributed by atoms with Crippen LogP contribution in [0.5, 0.6) is 0 Å². The van der Waals surface area contributed by atoms with Gasteiger partial charge in [-0.3, -0.25) is 4.99 Å². The van der Waals surface area contributed by atoms with E-state index in [0.717, 1.165) is 25.0 Å². The first-order valence-electron chi connectivity index (χ1n) is 10.3. The van der Waals surface area contributed by atoms with Gasteiger partial charge >= 0.3 is 0 Å². The Morgan fingerprint density at radius 2 is 1.83 bits per heavy atom. The van der Waals surface area contributed by atoms with Crippen LogP contribution in [0.2, 0.25) is 0 Å². The number of guanidine groups is 1. The van der Waals surface area contributed by atoms with Crippen LogP contribution in [0.3, 0.4) is 0 Å². The van der Waals surface area contributed by atoms with Gasteiger partial charge < -0.3 is 20.7 Å². The summed E-state index contributed by atoms with van der Waals surface area (Å²) in [6.07, 6.45) is 1.74. The van der Waals surface area contributed by atoms with Gasteiger partial charge in [0.25, 0.3) is 0 Å². The van der Waals surface area contributed by atoms with Crippen molar-refractivity contribution in [2.45, 2.75) is 37.9 Å². The minimum atomic E-state index is -0.462. The van der Waals surface area contributed by atoms with E-state index in [1.54, 1.807) is 7.05 Å². The van der Waals surface area contributed by atoms with Crippen molar-refractivity contribution in [3.63, 3.8) is 0 Å². The maximum Gasteiger partial charge on any atom is 0.191 e. The van der Waals surface area contributed by atoms with Crippen LogP contribution in [-0.4, -0.2) is 38.3 Å². The van der Waals surface area contributed by atoms with E-state index in [-0.39, 0.29) is 23.7 Å². The van der Waals surface area contributed by atoms with Crippen LogP contribution in [0.25, 0.3) is 0 Å². The molecule has 1 fully saturated rings. The summed E-state index contributed by atoms with van der Waals surface area (Å²) in [6, 6.07) is 14.0. The Morgan fingerprint density at radius 3 is 2.53 bits per heavy atom. The molecule has 3 rings (SSSR count). The first kappa shape index (κ1) is 22.2. The van der Waals surface area contributed by atoms with Crippen LogP contribution in [0.15, 0.2) is 53.5 Å². The molecule has 1 atom stereocenters. The van der Waals surface area contributed by atoms with Gasteiger partial charge in [0.1, 0.15) is 11.6 Å². The van der Waals surface area contributed by atoms with Crippen molar-refractivity contribution in [2.75, 3.05) is 26.8 Å². The highest BCUT2D eigenvalue weighted by Gasteiger charge is 2.34. The van der Waals surface area contributed by atoms with Crippen LogP contribution >= 0.6 is 0 Å². The smallest absolute Gasteiger partial charge is 0.191 e. The van der Waals surface area contributed by atoms with Crippen molar-refractivity contribution in [3.05, 3.63) is 71.3 Å². The molecule has 1 aliphatic heterocycles. The third-order valence-corrected chi connectivity index (χ3v) is 5.54. The van der Waals surface area contributed by atoms with E-state index in [9.17, 15) is 8.78 Å². The van der Waals surface area contributed by atoms with Gasteiger partial charge in [-0.05, 0) is 43.5 Å². The summed E-state index contributed by atoms with van der Waals surface area (Å²) in [5, 5.41) is 10.2. The number of hydrogen-bond acceptors (Lipinski definition) is 3. The van der Waals surface area contributed by atoms with Crippen LogP contribution in [0, 0.1) is 11.6 Å². The molecule has 0 amide bonds. The first-order chi connectivity index (χ1) is 14.5. The quantitative estimate of drug-likeness (QED) is 0.477. The highest BCUT2D eigenvalue weighted by Crippen LogP contribution is 2.25. The standard InChI is InChI=1S/C23H30F2N4O/c1-17(18-6-4-3-5-7-18)29-23(10-12-30-13-11-23)16-28-22(26-2)27-15-19-14-20(24)8-9-21(19)25/h3-9,14,17,29H,10-13,15-16H2,1-2H3,(H2,26,27,28). The minimum absolute atomic E-state index is 0.146. The van der Waals surface area contributed by atoms with E-state index in [4.69, 9.17) is 4.74 Å². The van der Waals surface area contributed by atoms with Crippen molar-refractivity contribution < 1.29 is 13.5 Å². The second-order valence-electron chi connectivity index (χ2n) is 7.68. The second-order valence-corrected chi connectivity index (χ2v) is 7.68. The zero-order valence-corrected chi connectivity index (χ0v) is 17.6. The van der Waals surface area contributed by atoms with Gasteiger partial charge in [0.05, 0.1) is 0 Å². The summed E-state index contributed by atoms with van der Waals surface area (Å²) in [5.41, 5.74) is 1.33. The Morgan fingerprint density at radius 1 is 1.10 bits per heavy atom. The molecule has 2 aromatic rings. The predicted molar refractivity (Wildman–Crippen MR) is 115 cm³/mol. The molecule has 162 valence electrons. The number of nitrogens with zero attached hydrogens (tertiary/aromatic N) is 1. The normalized spacial score (nSPS) is 17.4. The third-order valence-electron chi connectivity index (χ3n) is 5.54. The van der Waals surface area contributed by atoms with Crippen molar-refractivity contribution in [2.24, 2.45) is 4.99 Å². The molecular formula is C23H30F2N4O. The van der Waals surface area contributed by atoms with E-state index >= 15 is 0 Å². The molecule has 0 aliphatic carbocycles. The Hall–Kier alpha value is -2.51. The summed E-state index contributed by atoms with van der Waals surface area (Å²) in [5.74, 6) is -0.367. The molecule has 3 N–H and O–H groups in total. The number of halogens is 2. The lowest BCUT2D eigenvalue weighted by Gasteiger charge is -2.41. The molecule has 1 aliphatic rings. The van der Waals surface area contributed by atoms with Crippen LogP contribution in [0.1, 0.15) is 36.9 Å². The first-order valence-corrected chi connectivity index (χ1v) is 10.3. The van der Waals surface area contributed by atoms with Crippen molar-refractivity contribution in [1.82, 2.24) is 16.0 Å². The average molecular weight is 417 g/mol. The lowest BCUT2D eigenvalue weighted by atomic mass is 9.88. The molecule has 0 bridgehead atoms. The summed E-state index contributed by atoms with van der Waals surface area (Å²) in [6.45, 7) is 4.33.